The zero-order valence-corrected chi connectivity index (χ0v) is 14.4. The molecule has 1 heterocycles. The van der Waals surface area contributed by atoms with Crippen LogP contribution in [0.5, 0.6) is 0 Å². The van der Waals surface area contributed by atoms with Crippen LogP contribution in [0.15, 0.2) is 12.1 Å². The van der Waals surface area contributed by atoms with Gasteiger partial charge in [-0.15, -0.1) is 0 Å². The van der Waals surface area contributed by atoms with Crippen molar-refractivity contribution in [2.45, 2.75) is 72.3 Å². The van der Waals surface area contributed by atoms with E-state index in [2.05, 4.69) is 39.5 Å². The normalized spacial score (nSPS) is 11.7. The molecule has 1 rings (SSSR count). The van der Waals surface area contributed by atoms with E-state index in [0.29, 0.717) is 0 Å². The van der Waals surface area contributed by atoms with E-state index in [1.54, 1.807) is 0 Å². The lowest BCUT2D eigenvalue weighted by Gasteiger charge is -2.27. The molecule has 21 heavy (non-hydrogen) atoms. The van der Waals surface area contributed by atoms with E-state index in [9.17, 15) is 5.11 Å². The Morgan fingerprint density at radius 2 is 1.62 bits per heavy atom. The van der Waals surface area contributed by atoms with Crippen molar-refractivity contribution in [3.05, 3.63) is 23.4 Å². The second-order valence-corrected chi connectivity index (χ2v) is 6.82. The van der Waals surface area contributed by atoms with Crippen LogP contribution in [0.4, 0.5) is 5.82 Å². The summed E-state index contributed by atoms with van der Waals surface area (Å²) in [5.41, 5.74) is 2.02. The second-order valence-electron chi connectivity index (χ2n) is 6.82. The predicted octanol–water partition coefficient (Wildman–Crippen LogP) is 4.28. The van der Waals surface area contributed by atoms with Gasteiger partial charge in [-0.2, -0.15) is 0 Å². The number of aliphatic hydroxyl groups is 1. The molecule has 0 unspecified atom stereocenters. The zero-order valence-electron chi connectivity index (χ0n) is 14.4. The van der Waals surface area contributed by atoms with Gasteiger partial charge in [0.1, 0.15) is 5.82 Å². The first-order chi connectivity index (χ1) is 9.92. The Hall–Kier alpha value is -1.09. The number of aliphatic hydroxyl groups excluding tert-OH is 1. The van der Waals surface area contributed by atoms with Crippen LogP contribution in [-0.2, 0) is 12.0 Å². The molecule has 0 aliphatic heterocycles. The minimum absolute atomic E-state index is 0.00110. The fourth-order valence-corrected chi connectivity index (χ4v) is 2.25. The molecule has 0 radical (unpaired) electrons. The molecular formula is C18H32N2O. The molecule has 0 saturated heterocycles. The maximum atomic E-state index is 9.54. The monoisotopic (exact) mass is 292 g/mol. The largest absolute Gasteiger partial charge is 0.392 e. The summed E-state index contributed by atoms with van der Waals surface area (Å²) in [6, 6.07) is 4.07. The van der Waals surface area contributed by atoms with Gasteiger partial charge in [-0.05, 0) is 30.5 Å². The highest BCUT2D eigenvalue weighted by molar-refractivity contribution is 5.43. The molecule has 3 nitrogen and oxygen atoms in total. The molecule has 0 spiro atoms. The third kappa shape index (κ3) is 5.66. The van der Waals surface area contributed by atoms with Crippen LogP contribution in [0, 0.1) is 0 Å². The molecule has 0 aliphatic rings. The van der Waals surface area contributed by atoms with Gasteiger partial charge in [-0.25, -0.2) is 4.98 Å². The average molecular weight is 292 g/mol. The third-order valence-electron chi connectivity index (χ3n) is 3.71. The molecule has 0 atom stereocenters. The molecule has 0 saturated carbocycles. The molecule has 0 fully saturated rings. The molecule has 0 aromatic carbocycles. The first-order valence-electron chi connectivity index (χ1n) is 8.29. The van der Waals surface area contributed by atoms with E-state index in [-0.39, 0.29) is 12.0 Å². The van der Waals surface area contributed by atoms with Gasteiger partial charge in [0.25, 0.3) is 0 Å². The molecule has 0 amide bonds. The summed E-state index contributed by atoms with van der Waals surface area (Å²) in [4.78, 5) is 7.25. The van der Waals surface area contributed by atoms with Crippen molar-refractivity contribution >= 4 is 5.82 Å². The highest BCUT2D eigenvalue weighted by Crippen LogP contribution is 2.25. The minimum atomic E-state index is 0.00110. The van der Waals surface area contributed by atoms with E-state index in [0.717, 1.165) is 30.2 Å². The van der Waals surface area contributed by atoms with Gasteiger partial charge in [0.2, 0.25) is 0 Å². The fraction of sp³-hybridized carbons (Fsp3) is 0.722. The van der Waals surface area contributed by atoms with E-state index < -0.39 is 0 Å². The van der Waals surface area contributed by atoms with Gasteiger partial charge in [0.05, 0.1) is 6.61 Å². The number of pyridine rings is 1. The van der Waals surface area contributed by atoms with E-state index in [1.165, 1.54) is 25.7 Å². The molecule has 1 N–H and O–H groups in total. The summed E-state index contributed by atoms with van der Waals surface area (Å²) in [5, 5.41) is 9.54. The highest BCUT2D eigenvalue weighted by Gasteiger charge is 2.18. The summed E-state index contributed by atoms with van der Waals surface area (Å²) >= 11 is 0. The quantitative estimate of drug-likeness (QED) is 0.777. The van der Waals surface area contributed by atoms with Gasteiger partial charge >= 0.3 is 0 Å². The number of nitrogens with zero attached hydrogens (tertiary/aromatic N) is 2. The standard InChI is InChI=1S/C18H32N2O/c1-6-8-10-20(11-9-7-2)17-13-15(14-21)12-16(19-17)18(3,4)5/h12-13,21H,6-11,14H2,1-5H3. The summed E-state index contributed by atoms with van der Waals surface area (Å²) in [7, 11) is 0. The zero-order chi connectivity index (χ0) is 15.9. The molecular weight excluding hydrogens is 260 g/mol. The van der Waals surface area contributed by atoms with E-state index >= 15 is 0 Å². The number of rotatable bonds is 8. The lowest BCUT2D eigenvalue weighted by Crippen LogP contribution is -2.28. The Labute approximate surface area is 130 Å². The minimum Gasteiger partial charge on any atom is -0.392 e. The topological polar surface area (TPSA) is 36.4 Å². The Balaban J connectivity index is 3.09. The Morgan fingerprint density at radius 3 is 2.05 bits per heavy atom. The number of aromatic nitrogens is 1. The van der Waals surface area contributed by atoms with Crippen LogP contribution in [-0.4, -0.2) is 23.2 Å². The number of unbranched alkanes of at least 4 members (excludes halogenated alkanes) is 2. The van der Waals surface area contributed by atoms with Gasteiger partial charge in [0, 0.05) is 24.2 Å². The summed E-state index contributed by atoms with van der Waals surface area (Å²) in [6.45, 7) is 13.1. The van der Waals surface area contributed by atoms with E-state index in [4.69, 9.17) is 4.98 Å². The van der Waals surface area contributed by atoms with Crippen molar-refractivity contribution in [2.75, 3.05) is 18.0 Å². The van der Waals surface area contributed by atoms with Gasteiger partial charge in [-0.1, -0.05) is 47.5 Å². The maximum Gasteiger partial charge on any atom is 0.129 e. The molecule has 0 aliphatic carbocycles. The number of hydrogen-bond donors (Lipinski definition) is 1. The van der Waals surface area contributed by atoms with Crippen molar-refractivity contribution in [1.82, 2.24) is 4.98 Å². The van der Waals surface area contributed by atoms with Crippen LogP contribution >= 0.6 is 0 Å². The molecule has 1 aromatic rings. The van der Waals surface area contributed by atoms with Crippen molar-refractivity contribution in [3.63, 3.8) is 0 Å². The molecule has 120 valence electrons. The van der Waals surface area contributed by atoms with Gasteiger partial charge < -0.3 is 10.0 Å². The SMILES string of the molecule is CCCCN(CCCC)c1cc(CO)cc(C(C)(C)C)n1. The summed E-state index contributed by atoms with van der Waals surface area (Å²) in [5.74, 6) is 1.02. The third-order valence-corrected chi connectivity index (χ3v) is 3.71. The van der Waals surface area contributed by atoms with Crippen molar-refractivity contribution in [2.24, 2.45) is 0 Å². The second kappa shape index (κ2) is 8.38. The van der Waals surface area contributed by atoms with Crippen LogP contribution < -0.4 is 4.90 Å². The predicted molar refractivity (Wildman–Crippen MR) is 90.9 cm³/mol. The Kier molecular flexibility index (Phi) is 7.16. The van der Waals surface area contributed by atoms with Gasteiger partial charge in [0.15, 0.2) is 0 Å². The summed E-state index contributed by atoms with van der Waals surface area (Å²) < 4.78 is 0. The van der Waals surface area contributed by atoms with Crippen molar-refractivity contribution < 1.29 is 5.11 Å². The smallest absolute Gasteiger partial charge is 0.129 e. The van der Waals surface area contributed by atoms with Crippen molar-refractivity contribution in [3.8, 4) is 0 Å². The fourth-order valence-electron chi connectivity index (χ4n) is 2.25. The first-order valence-corrected chi connectivity index (χ1v) is 8.29. The Bertz CT molecular complexity index is 416. The average Bonchev–Trinajstić information content (AvgIpc) is 2.46. The van der Waals surface area contributed by atoms with Crippen molar-refractivity contribution in [1.29, 1.82) is 0 Å². The molecule has 3 heteroatoms. The Morgan fingerprint density at radius 1 is 1.05 bits per heavy atom. The van der Waals surface area contributed by atoms with Crippen LogP contribution in [0.1, 0.15) is 71.6 Å². The number of hydrogen-bond acceptors (Lipinski definition) is 3. The van der Waals surface area contributed by atoms with Crippen LogP contribution in [0.25, 0.3) is 0 Å². The molecule has 0 bridgehead atoms. The highest BCUT2D eigenvalue weighted by atomic mass is 16.3. The van der Waals surface area contributed by atoms with Gasteiger partial charge in [-0.3, -0.25) is 0 Å². The lowest BCUT2D eigenvalue weighted by atomic mass is 9.91. The van der Waals surface area contributed by atoms with E-state index in [1.807, 2.05) is 12.1 Å². The summed E-state index contributed by atoms with van der Waals surface area (Å²) in [6.07, 6.45) is 4.74. The molecule has 1 aromatic heterocycles. The lowest BCUT2D eigenvalue weighted by molar-refractivity contribution is 0.281. The maximum absolute atomic E-state index is 9.54. The first kappa shape index (κ1) is 18.0. The van der Waals surface area contributed by atoms with Crippen LogP contribution in [0.3, 0.4) is 0 Å². The number of anilines is 1. The van der Waals surface area contributed by atoms with Crippen LogP contribution in [0.2, 0.25) is 0 Å².